The van der Waals surface area contributed by atoms with Crippen LogP contribution >= 0.6 is 11.6 Å². The number of carbonyl (C=O) groups is 1. The molecule has 4 heterocycles. The molecule has 4 aromatic rings. The summed E-state index contributed by atoms with van der Waals surface area (Å²) in [5, 5.41) is 4.49. The molecule has 1 atom stereocenters. The summed E-state index contributed by atoms with van der Waals surface area (Å²) in [5.41, 5.74) is 1.23. The number of imidazole rings is 1. The Labute approximate surface area is 193 Å². The molecule has 0 N–H and O–H groups in total. The van der Waals surface area contributed by atoms with Gasteiger partial charge in [0.1, 0.15) is 17.3 Å². The number of nitrogens with zero attached hydrogens (tertiary/aromatic N) is 5. The summed E-state index contributed by atoms with van der Waals surface area (Å²) >= 11 is 6.13. The van der Waals surface area contributed by atoms with Crippen LogP contribution < -0.4 is 0 Å². The van der Waals surface area contributed by atoms with Crippen molar-refractivity contribution >= 4 is 23.2 Å². The van der Waals surface area contributed by atoms with Crippen molar-refractivity contribution < 1.29 is 18.3 Å². The predicted octanol–water partition coefficient (Wildman–Crippen LogP) is 3.91. The van der Waals surface area contributed by atoms with Gasteiger partial charge in [-0.15, -0.1) is 0 Å². The lowest BCUT2D eigenvalue weighted by molar-refractivity contribution is -0.136. The third-order valence-electron chi connectivity index (χ3n) is 5.72. The first-order valence-corrected chi connectivity index (χ1v) is 10.8. The SMILES string of the molecule is CC(=O)N1CCO[C@@H](Cc2c(-c3c(F)cc(-n4cccn4)cc3F)nc3cc(Cl)ccn23)C1. The maximum atomic E-state index is 15.3. The van der Waals surface area contributed by atoms with E-state index in [4.69, 9.17) is 16.3 Å². The molecular weight excluding hydrogens is 452 g/mol. The Morgan fingerprint density at radius 3 is 2.73 bits per heavy atom. The fourth-order valence-electron chi connectivity index (χ4n) is 4.15. The lowest BCUT2D eigenvalue weighted by Gasteiger charge is -2.32. The highest BCUT2D eigenvalue weighted by atomic mass is 35.5. The van der Waals surface area contributed by atoms with Crippen molar-refractivity contribution in [2.75, 3.05) is 19.7 Å². The zero-order chi connectivity index (χ0) is 23.1. The van der Waals surface area contributed by atoms with E-state index in [1.807, 2.05) is 0 Å². The number of carbonyl (C=O) groups excluding carboxylic acids is 1. The molecule has 1 fully saturated rings. The van der Waals surface area contributed by atoms with Crippen molar-refractivity contribution in [1.82, 2.24) is 24.1 Å². The van der Waals surface area contributed by atoms with Gasteiger partial charge in [-0.3, -0.25) is 4.79 Å². The maximum absolute atomic E-state index is 15.3. The number of fused-ring (bicyclic) bond motifs is 1. The Hall–Kier alpha value is -3.30. The van der Waals surface area contributed by atoms with Gasteiger partial charge in [-0.1, -0.05) is 11.6 Å². The molecule has 1 amide bonds. The van der Waals surface area contributed by atoms with Gasteiger partial charge in [0.2, 0.25) is 5.91 Å². The molecule has 10 heteroatoms. The van der Waals surface area contributed by atoms with Crippen molar-refractivity contribution in [3.05, 3.63) is 71.3 Å². The number of halogens is 3. The molecule has 0 unspecified atom stereocenters. The molecule has 0 bridgehead atoms. The van der Waals surface area contributed by atoms with Gasteiger partial charge >= 0.3 is 0 Å². The van der Waals surface area contributed by atoms with Crippen LogP contribution in [0.5, 0.6) is 0 Å². The Balaban J connectivity index is 1.61. The number of benzene rings is 1. The van der Waals surface area contributed by atoms with Gasteiger partial charge in [0.25, 0.3) is 0 Å². The van der Waals surface area contributed by atoms with E-state index in [1.165, 1.54) is 29.9 Å². The highest BCUT2D eigenvalue weighted by molar-refractivity contribution is 6.30. The van der Waals surface area contributed by atoms with Crippen LogP contribution in [0.15, 0.2) is 48.9 Å². The summed E-state index contributed by atoms with van der Waals surface area (Å²) in [5.74, 6) is -1.56. The van der Waals surface area contributed by atoms with Gasteiger partial charge < -0.3 is 14.0 Å². The summed E-state index contributed by atoms with van der Waals surface area (Å²) < 4.78 is 39.6. The van der Waals surface area contributed by atoms with Crippen LogP contribution in [0, 0.1) is 11.6 Å². The van der Waals surface area contributed by atoms with Crippen molar-refractivity contribution in [3.8, 4) is 16.9 Å². The van der Waals surface area contributed by atoms with Crippen molar-refractivity contribution in [1.29, 1.82) is 0 Å². The van der Waals surface area contributed by atoms with Crippen molar-refractivity contribution in [3.63, 3.8) is 0 Å². The highest BCUT2D eigenvalue weighted by Gasteiger charge is 2.28. The highest BCUT2D eigenvalue weighted by Crippen LogP contribution is 2.33. The average Bonchev–Trinajstić information content (AvgIpc) is 3.42. The molecule has 0 saturated carbocycles. The zero-order valence-electron chi connectivity index (χ0n) is 17.7. The third-order valence-corrected chi connectivity index (χ3v) is 5.96. The third kappa shape index (κ3) is 4.09. The molecule has 1 aliphatic rings. The molecule has 0 spiro atoms. The van der Waals surface area contributed by atoms with Gasteiger partial charge in [-0.05, 0) is 12.1 Å². The fourth-order valence-corrected chi connectivity index (χ4v) is 4.30. The van der Waals surface area contributed by atoms with E-state index >= 15 is 8.78 Å². The topological polar surface area (TPSA) is 64.7 Å². The van der Waals surface area contributed by atoms with Crippen molar-refractivity contribution in [2.24, 2.45) is 0 Å². The summed E-state index contributed by atoms with van der Waals surface area (Å²) in [4.78, 5) is 18.1. The molecule has 7 nitrogen and oxygen atoms in total. The molecule has 1 aliphatic heterocycles. The monoisotopic (exact) mass is 471 g/mol. The molecule has 33 heavy (non-hydrogen) atoms. The predicted molar refractivity (Wildman–Crippen MR) is 118 cm³/mol. The average molecular weight is 472 g/mol. The lowest BCUT2D eigenvalue weighted by atomic mass is 10.0. The number of amides is 1. The smallest absolute Gasteiger partial charge is 0.219 e. The quantitative estimate of drug-likeness (QED) is 0.453. The molecule has 5 rings (SSSR count). The largest absolute Gasteiger partial charge is 0.374 e. The molecule has 170 valence electrons. The van der Waals surface area contributed by atoms with Crippen LogP contribution in [0.4, 0.5) is 8.78 Å². The van der Waals surface area contributed by atoms with Crippen molar-refractivity contribution in [2.45, 2.75) is 19.4 Å². The molecule has 1 saturated heterocycles. The zero-order valence-corrected chi connectivity index (χ0v) is 18.5. The minimum absolute atomic E-state index is 0.0419. The second-order valence-electron chi connectivity index (χ2n) is 7.88. The number of ether oxygens (including phenoxy) is 1. The summed E-state index contributed by atoms with van der Waals surface area (Å²) in [6.07, 6.45) is 4.81. The standard InChI is InChI=1S/C23H20ClF2N5O2/c1-14(32)29-7-8-33-17(13-29)12-20-23(28-21-9-15(24)3-6-30(20)21)22-18(25)10-16(11-19(22)26)31-5-2-4-27-31/h2-6,9-11,17H,7-8,12-13H2,1H3/t17-/m0/s1. The number of rotatable bonds is 4. The number of morpholine rings is 1. The number of pyridine rings is 1. The lowest BCUT2D eigenvalue weighted by Crippen LogP contribution is -2.45. The molecule has 1 aromatic carbocycles. The minimum atomic E-state index is -0.758. The van der Waals surface area contributed by atoms with E-state index < -0.39 is 11.6 Å². The van der Waals surface area contributed by atoms with Gasteiger partial charge in [-0.25, -0.2) is 18.4 Å². The second kappa shape index (κ2) is 8.57. The van der Waals surface area contributed by atoms with Gasteiger partial charge in [0, 0.05) is 68.2 Å². The Bertz CT molecular complexity index is 1320. The van der Waals surface area contributed by atoms with Gasteiger partial charge in [-0.2, -0.15) is 5.10 Å². The Morgan fingerprint density at radius 2 is 2.03 bits per heavy atom. The molecular formula is C23H20ClF2N5O2. The Morgan fingerprint density at radius 1 is 1.24 bits per heavy atom. The van der Waals surface area contributed by atoms with Crippen LogP contribution in [0.2, 0.25) is 5.02 Å². The molecule has 0 aliphatic carbocycles. The van der Waals surface area contributed by atoms with Crippen LogP contribution in [-0.4, -0.2) is 55.8 Å². The number of aromatic nitrogens is 4. The first-order chi connectivity index (χ1) is 15.9. The van der Waals surface area contributed by atoms with E-state index in [2.05, 4.69) is 10.1 Å². The maximum Gasteiger partial charge on any atom is 0.219 e. The van der Waals surface area contributed by atoms with Gasteiger partial charge in [0.15, 0.2) is 0 Å². The summed E-state index contributed by atoms with van der Waals surface area (Å²) in [6, 6.07) is 7.43. The normalized spacial score (nSPS) is 16.5. The number of hydrogen-bond donors (Lipinski definition) is 0. The van der Waals surface area contributed by atoms with E-state index in [0.29, 0.717) is 42.5 Å². The summed E-state index contributed by atoms with van der Waals surface area (Å²) in [6.45, 7) is 2.80. The van der Waals surface area contributed by atoms with Crippen LogP contribution in [0.1, 0.15) is 12.6 Å². The molecule has 0 radical (unpaired) electrons. The number of hydrogen-bond acceptors (Lipinski definition) is 4. The Kier molecular flexibility index (Phi) is 5.59. The minimum Gasteiger partial charge on any atom is -0.374 e. The van der Waals surface area contributed by atoms with Crippen LogP contribution in [-0.2, 0) is 16.0 Å². The second-order valence-corrected chi connectivity index (χ2v) is 8.31. The fraction of sp³-hybridized carbons (Fsp3) is 0.261. The van der Waals surface area contributed by atoms with E-state index in [0.717, 1.165) is 0 Å². The first kappa shape index (κ1) is 21.5. The summed E-state index contributed by atoms with van der Waals surface area (Å²) in [7, 11) is 0. The van der Waals surface area contributed by atoms with Crippen LogP contribution in [0.25, 0.3) is 22.6 Å². The van der Waals surface area contributed by atoms with E-state index in [1.54, 1.807) is 39.9 Å². The van der Waals surface area contributed by atoms with Gasteiger partial charge in [0.05, 0.1) is 35.3 Å². The molecule has 3 aromatic heterocycles. The van der Waals surface area contributed by atoms with Crippen LogP contribution in [0.3, 0.4) is 0 Å². The first-order valence-electron chi connectivity index (χ1n) is 10.4. The van der Waals surface area contributed by atoms with E-state index in [-0.39, 0.29) is 29.0 Å². The van der Waals surface area contributed by atoms with E-state index in [9.17, 15) is 4.79 Å².